The Bertz CT molecular complexity index is 267. The SMILES string of the molecule is NCCN.O=C([O-])CC(O)(CC(=O)[O-])C(=O)[O-].[Hg]. The van der Waals surface area contributed by atoms with Gasteiger partial charge in [0.05, 0.1) is 5.97 Å². The fourth-order valence-corrected chi connectivity index (χ4v) is 0.684. The molecule has 102 valence electrons. The van der Waals surface area contributed by atoms with E-state index in [-0.39, 0.29) is 27.7 Å². The van der Waals surface area contributed by atoms with Crippen LogP contribution >= 0.6 is 0 Å². The van der Waals surface area contributed by atoms with Gasteiger partial charge in [-0.15, -0.1) is 0 Å². The van der Waals surface area contributed by atoms with Crippen molar-refractivity contribution in [1.29, 1.82) is 0 Å². The molecule has 0 unspecified atom stereocenters. The molecule has 0 saturated heterocycles. The van der Waals surface area contributed by atoms with Crippen molar-refractivity contribution in [2.75, 3.05) is 13.1 Å². The molecule has 10 heteroatoms. The van der Waals surface area contributed by atoms with Crippen LogP contribution in [-0.2, 0) is 42.1 Å². The Morgan fingerprint density at radius 1 is 0.944 bits per heavy atom. The summed E-state index contributed by atoms with van der Waals surface area (Å²) in [6, 6.07) is 0. The quantitative estimate of drug-likeness (QED) is 0.330. The molecule has 18 heavy (non-hydrogen) atoms. The zero-order chi connectivity index (χ0) is 14.1. The predicted molar refractivity (Wildman–Crippen MR) is 47.3 cm³/mol. The van der Waals surface area contributed by atoms with Gasteiger partial charge in [0, 0.05) is 65.5 Å². The molecule has 0 amide bonds. The van der Waals surface area contributed by atoms with Gasteiger partial charge in [-0.2, -0.15) is 0 Å². The summed E-state index contributed by atoms with van der Waals surface area (Å²) in [5, 5.41) is 38.9. The summed E-state index contributed by atoms with van der Waals surface area (Å²) >= 11 is 0. The van der Waals surface area contributed by atoms with E-state index in [1.54, 1.807) is 0 Å². The van der Waals surface area contributed by atoms with Gasteiger partial charge in [-0.25, -0.2) is 0 Å². The number of aliphatic hydroxyl groups is 1. The molecule has 0 heterocycles. The number of carbonyl (C=O) groups excluding carboxylic acids is 3. The van der Waals surface area contributed by atoms with E-state index in [0.29, 0.717) is 13.1 Å². The zero-order valence-electron chi connectivity index (χ0n) is 9.59. The molecule has 0 aromatic rings. The molecule has 0 rings (SSSR count). The second-order valence-electron chi connectivity index (χ2n) is 2.99. The van der Waals surface area contributed by atoms with Crippen molar-refractivity contribution in [3.05, 3.63) is 0 Å². The van der Waals surface area contributed by atoms with Gasteiger partial charge in [-0.3, -0.25) is 0 Å². The maximum Gasteiger partial charge on any atom is 0.114 e. The van der Waals surface area contributed by atoms with Gasteiger partial charge < -0.3 is 46.3 Å². The molecular weight excluding hydrogens is 437 g/mol. The minimum atomic E-state index is -2.97. The number of rotatable bonds is 6. The van der Waals surface area contributed by atoms with Crippen LogP contribution < -0.4 is 26.8 Å². The van der Waals surface area contributed by atoms with E-state index < -0.39 is 36.4 Å². The van der Waals surface area contributed by atoms with Crippen LogP contribution in [-0.4, -0.2) is 41.7 Å². The van der Waals surface area contributed by atoms with Crippen molar-refractivity contribution in [3.8, 4) is 0 Å². The van der Waals surface area contributed by atoms with Crippen LogP contribution in [0.25, 0.3) is 0 Å². The maximum atomic E-state index is 10.1. The minimum Gasteiger partial charge on any atom is -0.550 e. The summed E-state index contributed by atoms with van der Waals surface area (Å²) in [6.45, 7) is 1.19. The second kappa shape index (κ2) is 11.3. The molecular formula is C8H13HgN2O7-3. The maximum absolute atomic E-state index is 10.1. The summed E-state index contributed by atoms with van der Waals surface area (Å²) in [6.07, 6.45) is -2.72. The first-order valence-electron chi connectivity index (χ1n) is 4.43. The molecule has 0 aliphatic carbocycles. The Balaban J connectivity index is -0.000000392. The van der Waals surface area contributed by atoms with Crippen LogP contribution in [0, 0.1) is 0 Å². The van der Waals surface area contributed by atoms with Gasteiger partial charge in [0.2, 0.25) is 0 Å². The van der Waals surface area contributed by atoms with E-state index in [9.17, 15) is 29.7 Å². The largest absolute Gasteiger partial charge is 0.550 e. The van der Waals surface area contributed by atoms with Crippen molar-refractivity contribution in [3.63, 3.8) is 0 Å². The molecule has 0 radical (unpaired) electrons. The fourth-order valence-electron chi connectivity index (χ4n) is 0.684. The number of aliphatic carboxylic acids is 3. The summed E-state index contributed by atoms with van der Waals surface area (Å²) < 4.78 is 0. The van der Waals surface area contributed by atoms with Crippen LogP contribution in [0.3, 0.4) is 0 Å². The molecule has 0 aromatic carbocycles. The number of hydrogen-bond acceptors (Lipinski definition) is 9. The van der Waals surface area contributed by atoms with E-state index in [1.807, 2.05) is 0 Å². The van der Waals surface area contributed by atoms with E-state index in [2.05, 4.69) is 0 Å². The third-order valence-electron chi connectivity index (χ3n) is 1.42. The van der Waals surface area contributed by atoms with Gasteiger partial charge in [0.15, 0.2) is 0 Å². The van der Waals surface area contributed by atoms with Gasteiger partial charge in [-0.1, -0.05) is 0 Å². The Labute approximate surface area is 123 Å². The summed E-state index contributed by atoms with van der Waals surface area (Å²) in [5.74, 6) is -5.98. The molecule has 0 spiro atoms. The number of carboxylic acid groups (broad SMARTS) is 3. The monoisotopic (exact) mass is 451 g/mol. The van der Waals surface area contributed by atoms with Crippen LogP contribution in [0.1, 0.15) is 12.8 Å². The first kappa shape index (κ1) is 22.4. The smallest absolute Gasteiger partial charge is 0.114 e. The fraction of sp³-hybridized carbons (Fsp3) is 0.625. The van der Waals surface area contributed by atoms with Crippen LogP contribution in [0.4, 0.5) is 0 Å². The minimum absolute atomic E-state index is 0. The Kier molecular flexibility index (Phi) is 14.1. The van der Waals surface area contributed by atoms with Gasteiger partial charge >= 0.3 is 0 Å². The summed E-state index contributed by atoms with van der Waals surface area (Å²) in [4.78, 5) is 30.0. The Morgan fingerprint density at radius 3 is 1.33 bits per heavy atom. The van der Waals surface area contributed by atoms with E-state index in [1.165, 1.54) is 0 Å². The van der Waals surface area contributed by atoms with Gasteiger partial charge in [0.1, 0.15) is 5.60 Å². The van der Waals surface area contributed by atoms with Crippen LogP contribution in [0.2, 0.25) is 0 Å². The average molecular weight is 450 g/mol. The first-order chi connectivity index (χ1) is 7.69. The molecule has 0 bridgehead atoms. The molecule has 0 atom stereocenters. The molecule has 0 aromatic heterocycles. The Hall–Kier alpha value is -0.775. The summed E-state index contributed by atoms with van der Waals surface area (Å²) in [7, 11) is 0. The number of carbonyl (C=O) groups is 3. The number of carboxylic acids is 3. The van der Waals surface area contributed by atoms with Crippen molar-refractivity contribution in [2.45, 2.75) is 18.4 Å². The van der Waals surface area contributed by atoms with E-state index in [4.69, 9.17) is 16.6 Å². The Morgan fingerprint density at radius 2 is 1.22 bits per heavy atom. The molecule has 0 saturated carbocycles. The van der Waals surface area contributed by atoms with E-state index >= 15 is 0 Å². The average Bonchev–Trinajstić information content (AvgIpc) is 2.15. The zero-order valence-corrected chi connectivity index (χ0v) is 15.1. The third-order valence-corrected chi connectivity index (χ3v) is 1.42. The molecule has 0 aliphatic heterocycles. The topological polar surface area (TPSA) is 193 Å². The van der Waals surface area contributed by atoms with Crippen molar-refractivity contribution < 1.29 is 62.5 Å². The van der Waals surface area contributed by atoms with Gasteiger partial charge in [-0.05, 0) is 0 Å². The van der Waals surface area contributed by atoms with Crippen molar-refractivity contribution >= 4 is 17.9 Å². The molecule has 9 nitrogen and oxygen atoms in total. The van der Waals surface area contributed by atoms with Crippen molar-refractivity contribution in [2.24, 2.45) is 11.5 Å². The van der Waals surface area contributed by atoms with Gasteiger partial charge in [0.25, 0.3) is 0 Å². The second-order valence-corrected chi connectivity index (χ2v) is 2.99. The molecule has 5 N–H and O–H groups in total. The van der Waals surface area contributed by atoms with E-state index in [0.717, 1.165) is 0 Å². The first-order valence-corrected chi connectivity index (χ1v) is 4.43. The standard InChI is InChI=1S/C6H8O7.C2H8N2.Hg/c7-3(8)1-6(13,5(11)12)2-4(9)10;3-1-2-4;/h13H,1-2H2,(H,7,8)(H,9,10)(H,11,12);1-4H2;/p-3. The third kappa shape index (κ3) is 11.7. The van der Waals surface area contributed by atoms with Crippen molar-refractivity contribution in [1.82, 2.24) is 0 Å². The summed E-state index contributed by atoms with van der Waals surface area (Å²) in [5.41, 5.74) is 6.83. The number of nitrogens with two attached hydrogens (primary N) is 2. The molecule has 0 fully saturated rings. The van der Waals surface area contributed by atoms with Crippen LogP contribution in [0.5, 0.6) is 0 Å². The number of hydrogen-bond donors (Lipinski definition) is 3. The van der Waals surface area contributed by atoms with Crippen LogP contribution in [0.15, 0.2) is 0 Å². The normalized spacial score (nSPS) is 9.50. The molecule has 0 aliphatic rings. The predicted octanol–water partition coefficient (Wildman–Crippen LogP) is -6.35.